The molecule has 1 heterocycles. The number of rotatable bonds is 3. The van der Waals surface area contributed by atoms with Crippen LogP contribution in [-0.2, 0) is 6.54 Å². The zero-order valence-electron chi connectivity index (χ0n) is 10.7. The number of pyridine rings is 1. The first-order valence-electron chi connectivity index (χ1n) is 5.86. The first-order valence-corrected chi connectivity index (χ1v) is 5.86. The van der Waals surface area contributed by atoms with Gasteiger partial charge in [-0.25, -0.2) is 0 Å². The van der Waals surface area contributed by atoms with Gasteiger partial charge in [0.2, 0.25) is 0 Å². The third kappa shape index (κ3) is 2.57. The van der Waals surface area contributed by atoms with Crippen LogP contribution in [0.1, 0.15) is 16.7 Å². The second kappa shape index (κ2) is 5.36. The van der Waals surface area contributed by atoms with Crippen molar-refractivity contribution in [3.05, 3.63) is 73.7 Å². The number of hydrogen-bond acceptors (Lipinski definition) is 4. The molecular weight excluding hydrogens is 258 g/mol. The molecule has 0 unspecified atom stereocenters. The van der Waals surface area contributed by atoms with Crippen molar-refractivity contribution in [2.24, 2.45) is 0 Å². The molecule has 6 heteroatoms. The summed E-state index contributed by atoms with van der Waals surface area (Å²) in [7, 11) is 0. The molecule has 0 fully saturated rings. The van der Waals surface area contributed by atoms with Gasteiger partial charge in [0.25, 0.3) is 11.2 Å². The quantitative estimate of drug-likeness (QED) is 0.629. The molecule has 1 aromatic heterocycles. The van der Waals surface area contributed by atoms with Gasteiger partial charge in [-0.2, -0.15) is 5.26 Å². The van der Waals surface area contributed by atoms with Gasteiger partial charge in [0.15, 0.2) is 0 Å². The van der Waals surface area contributed by atoms with Crippen LogP contribution in [0.3, 0.4) is 0 Å². The van der Waals surface area contributed by atoms with E-state index in [9.17, 15) is 14.9 Å². The number of aryl methyl sites for hydroxylation is 1. The smallest absolute Gasteiger partial charge is 0.287 e. The van der Waals surface area contributed by atoms with Crippen LogP contribution in [0.5, 0.6) is 0 Å². The molecule has 6 nitrogen and oxygen atoms in total. The number of nitro groups is 1. The summed E-state index contributed by atoms with van der Waals surface area (Å²) < 4.78 is 1.19. The van der Waals surface area contributed by atoms with E-state index in [0.29, 0.717) is 0 Å². The molecule has 20 heavy (non-hydrogen) atoms. The van der Waals surface area contributed by atoms with Gasteiger partial charge in [-0.1, -0.05) is 24.3 Å². The molecule has 0 aliphatic rings. The summed E-state index contributed by atoms with van der Waals surface area (Å²) in [4.78, 5) is 22.2. The number of nitriles is 1. The van der Waals surface area contributed by atoms with E-state index in [1.807, 2.05) is 31.2 Å². The van der Waals surface area contributed by atoms with Crippen molar-refractivity contribution in [1.29, 1.82) is 5.26 Å². The molecule has 0 atom stereocenters. The van der Waals surface area contributed by atoms with E-state index in [0.717, 1.165) is 23.4 Å². The zero-order valence-corrected chi connectivity index (χ0v) is 10.7. The summed E-state index contributed by atoms with van der Waals surface area (Å²) >= 11 is 0. The Kier molecular flexibility index (Phi) is 3.62. The zero-order chi connectivity index (χ0) is 14.7. The lowest BCUT2D eigenvalue weighted by Crippen LogP contribution is -2.23. The standard InChI is InChI=1S/C14H11N3O3/c1-10-4-2-3-5-11(10)8-16-9-13(17(19)20)6-12(7-15)14(16)18/h2-6,9H,8H2,1H3. The van der Waals surface area contributed by atoms with Crippen LogP contribution in [0.2, 0.25) is 0 Å². The van der Waals surface area contributed by atoms with Gasteiger partial charge >= 0.3 is 0 Å². The second-order valence-electron chi connectivity index (χ2n) is 4.34. The van der Waals surface area contributed by atoms with Crippen LogP contribution in [0, 0.1) is 28.4 Å². The van der Waals surface area contributed by atoms with Gasteiger partial charge in [0.1, 0.15) is 11.6 Å². The Morgan fingerprint density at radius 1 is 1.40 bits per heavy atom. The van der Waals surface area contributed by atoms with Gasteiger partial charge in [0.05, 0.1) is 17.7 Å². The fraction of sp³-hybridized carbons (Fsp3) is 0.143. The van der Waals surface area contributed by atoms with E-state index >= 15 is 0 Å². The fourth-order valence-electron chi connectivity index (χ4n) is 1.89. The number of hydrogen-bond donors (Lipinski definition) is 0. The minimum Gasteiger partial charge on any atom is -0.303 e. The summed E-state index contributed by atoms with van der Waals surface area (Å²) in [5.74, 6) is 0. The molecular formula is C14H11N3O3. The maximum atomic E-state index is 12.0. The molecule has 0 bridgehead atoms. The SMILES string of the molecule is Cc1ccccc1Cn1cc([N+](=O)[O-])cc(C#N)c1=O. The van der Waals surface area contributed by atoms with Gasteiger partial charge < -0.3 is 4.57 Å². The summed E-state index contributed by atoms with van der Waals surface area (Å²) in [6.45, 7) is 2.09. The van der Waals surface area contributed by atoms with Gasteiger partial charge in [-0.15, -0.1) is 0 Å². The molecule has 2 rings (SSSR count). The molecule has 0 amide bonds. The molecule has 1 aromatic carbocycles. The third-order valence-corrected chi connectivity index (χ3v) is 3.00. The highest BCUT2D eigenvalue weighted by atomic mass is 16.6. The van der Waals surface area contributed by atoms with Gasteiger partial charge in [-0.3, -0.25) is 14.9 Å². The Balaban J connectivity index is 2.55. The molecule has 0 radical (unpaired) electrons. The van der Waals surface area contributed by atoms with Crippen molar-refractivity contribution in [3.63, 3.8) is 0 Å². The van der Waals surface area contributed by atoms with E-state index < -0.39 is 10.5 Å². The summed E-state index contributed by atoms with van der Waals surface area (Å²) in [5, 5.41) is 19.7. The lowest BCUT2D eigenvalue weighted by molar-refractivity contribution is -0.385. The highest BCUT2D eigenvalue weighted by Crippen LogP contribution is 2.13. The van der Waals surface area contributed by atoms with Crippen molar-refractivity contribution in [2.45, 2.75) is 13.5 Å². The Labute approximate surface area is 114 Å². The topological polar surface area (TPSA) is 88.9 Å². The van der Waals surface area contributed by atoms with Crippen molar-refractivity contribution >= 4 is 5.69 Å². The summed E-state index contributed by atoms with van der Waals surface area (Å²) in [6, 6.07) is 10.1. The minimum absolute atomic E-state index is 0.196. The van der Waals surface area contributed by atoms with E-state index in [2.05, 4.69) is 0 Å². The van der Waals surface area contributed by atoms with Crippen LogP contribution >= 0.6 is 0 Å². The highest BCUT2D eigenvalue weighted by molar-refractivity contribution is 5.38. The lowest BCUT2D eigenvalue weighted by atomic mass is 10.1. The van der Waals surface area contributed by atoms with Gasteiger partial charge in [-0.05, 0) is 18.1 Å². The van der Waals surface area contributed by atoms with Crippen LogP contribution < -0.4 is 5.56 Å². The van der Waals surface area contributed by atoms with Crippen LogP contribution in [0.15, 0.2) is 41.3 Å². The summed E-state index contributed by atoms with van der Waals surface area (Å²) in [6.07, 6.45) is 1.16. The molecule has 0 aliphatic heterocycles. The van der Waals surface area contributed by atoms with Crippen molar-refractivity contribution in [3.8, 4) is 6.07 Å². The van der Waals surface area contributed by atoms with Crippen molar-refractivity contribution < 1.29 is 4.92 Å². The minimum atomic E-state index is -0.616. The average molecular weight is 269 g/mol. The predicted molar refractivity (Wildman–Crippen MR) is 72.4 cm³/mol. The molecule has 0 saturated carbocycles. The maximum absolute atomic E-state index is 12.0. The predicted octanol–water partition coefficient (Wildman–Crippen LogP) is 1.98. The number of aromatic nitrogens is 1. The maximum Gasteiger partial charge on any atom is 0.287 e. The summed E-state index contributed by atoms with van der Waals surface area (Å²) in [5.41, 5.74) is 0.826. The van der Waals surface area contributed by atoms with Crippen molar-refractivity contribution in [2.75, 3.05) is 0 Å². The van der Waals surface area contributed by atoms with Crippen LogP contribution in [0.25, 0.3) is 0 Å². The normalized spacial score (nSPS) is 10.0. The number of nitrogens with zero attached hydrogens (tertiary/aromatic N) is 3. The second-order valence-corrected chi connectivity index (χ2v) is 4.34. The van der Waals surface area contributed by atoms with Gasteiger partial charge in [0, 0.05) is 6.07 Å². The number of benzene rings is 1. The molecule has 100 valence electrons. The van der Waals surface area contributed by atoms with Crippen LogP contribution in [-0.4, -0.2) is 9.49 Å². The first kappa shape index (κ1) is 13.5. The molecule has 0 aliphatic carbocycles. The Morgan fingerprint density at radius 2 is 2.10 bits per heavy atom. The van der Waals surface area contributed by atoms with Crippen LogP contribution in [0.4, 0.5) is 5.69 Å². The average Bonchev–Trinajstić information content (AvgIpc) is 2.43. The fourth-order valence-corrected chi connectivity index (χ4v) is 1.89. The van der Waals surface area contributed by atoms with E-state index in [4.69, 9.17) is 5.26 Å². The first-order chi connectivity index (χ1) is 9.52. The Hall–Kier alpha value is -2.94. The van der Waals surface area contributed by atoms with E-state index in [-0.39, 0.29) is 17.8 Å². The lowest BCUT2D eigenvalue weighted by Gasteiger charge is -2.08. The van der Waals surface area contributed by atoms with E-state index in [1.54, 1.807) is 6.07 Å². The highest BCUT2D eigenvalue weighted by Gasteiger charge is 2.14. The monoisotopic (exact) mass is 269 g/mol. The third-order valence-electron chi connectivity index (χ3n) is 3.00. The molecule has 0 N–H and O–H groups in total. The van der Waals surface area contributed by atoms with Crippen molar-refractivity contribution in [1.82, 2.24) is 4.57 Å². The Morgan fingerprint density at radius 3 is 2.70 bits per heavy atom. The molecule has 0 spiro atoms. The molecule has 2 aromatic rings. The molecule has 0 saturated heterocycles. The van der Waals surface area contributed by atoms with E-state index in [1.165, 1.54) is 4.57 Å². The largest absolute Gasteiger partial charge is 0.303 e. The Bertz CT molecular complexity index is 772.